The lowest BCUT2D eigenvalue weighted by Gasteiger charge is -2.16. The Morgan fingerprint density at radius 2 is 1.75 bits per heavy atom. The van der Waals surface area contributed by atoms with Crippen LogP contribution in [0.2, 0.25) is 0 Å². The third-order valence-corrected chi connectivity index (χ3v) is 3.95. The fourth-order valence-corrected chi connectivity index (χ4v) is 2.82. The average Bonchev–Trinajstić information content (AvgIpc) is 3.33. The van der Waals surface area contributed by atoms with Gasteiger partial charge in [-0.05, 0) is 54.4 Å². The summed E-state index contributed by atoms with van der Waals surface area (Å²) in [7, 11) is 0. The van der Waals surface area contributed by atoms with E-state index in [9.17, 15) is 9.59 Å². The van der Waals surface area contributed by atoms with Crippen LogP contribution in [0.25, 0.3) is 0 Å². The first-order valence-corrected chi connectivity index (χ1v) is 7.55. The summed E-state index contributed by atoms with van der Waals surface area (Å²) in [5, 5.41) is 2.79. The van der Waals surface area contributed by atoms with Crippen molar-refractivity contribution in [3.63, 3.8) is 0 Å². The summed E-state index contributed by atoms with van der Waals surface area (Å²) >= 11 is 0. The van der Waals surface area contributed by atoms with Crippen LogP contribution in [0.4, 0.5) is 11.4 Å². The van der Waals surface area contributed by atoms with E-state index in [0.29, 0.717) is 18.0 Å². The highest BCUT2D eigenvalue weighted by molar-refractivity contribution is 6.06. The van der Waals surface area contributed by atoms with Gasteiger partial charge in [0.1, 0.15) is 0 Å². The summed E-state index contributed by atoms with van der Waals surface area (Å²) in [5.74, 6) is 0.107. The van der Waals surface area contributed by atoms with Crippen molar-refractivity contribution in [2.24, 2.45) is 0 Å². The van der Waals surface area contributed by atoms with E-state index in [1.165, 1.54) is 12.5 Å². The average molecular weight is 322 g/mol. The Labute approximate surface area is 137 Å². The minimum absolute atomic E-state index is 0.161. The normalized spacial score (nSPS) is 12.9. The number of hydrogen-bond acceptors (Lipinski definition) is 4. The Balaban J connectivity index is 1.54. The van der Waals surface area contributed by atoms with E-state index in [-0.39, 0.29) is 17.6 Å². The number of rotatable bonds is 3. The van der Waals surface area contributed by atoms with E-state index in [1.54, 1.807) is 35.2 Å². The summed E-state index contributed by atoms with van der Waals surface area (Å²) in [6.07, 6.45) is 3.67. The quantitative estimate of drug-likeness (QED) is 0.802. The van der Waals surface area contributed by atoms with Crippen LogP contribution in [0.3, 0.4) is 0 Å². The molecule has 0 radical (unpaired) electrons. The number of hydrogen-bond donors (Lipinski definition) is 1. The summed E-state index contributed by atoms with van der Waals surface area (Å²) in [6, 6.07) is 12.1. The molecule has 1 aromatic carbocycles. The first-order chi connectivity index (χ1) is 11.7. The number of fused-ring (bicyclic) bond motifs is 1. The van der Waals surface area contributed by atoms with E-state index in [0.717, 1.165) is 17.7 Å². The third-order valence-electron chi connectivity index (χ3n) is 3.95. The maximum Gasteiger partial charge on any atom is 0.293 e. The molecule has 1 N–H and O–H groups in total. The van der Waals surface area contributed by atoms with Gasteiger partial charge in [-0.15, -0.1) is 0 Å². The molecule has 6 heteroatoms. The highest BCUT2D eigenvalue weighted by Gasteiger charge is 2.27. The van der Waals surface area contributed by atoms with E-state index in [4.69, 9.17) is 8.83 Å². The first kappa shape index (κ1) is 14.3. The lowest BCUT2D eigenvalue weighted by Crippen LogP contribution is -2.28. The van der Waals surface area contributed by atoms with E-state index >= 15 is 0 Å². The van der Waals surface area contributed by atoms with E-state index < -0.39 is 0 Å². The van der Waals surface area contributed by atoms with Gasteiger partial charge in [0, 0.05) is 17.9 Å². The molecule has 3 aromatic rings. The second-order valence-electron chi connectivity index (χ2n) is 5.46. The number of amides is 2. The maximum atomic E-state index is 12.4. The molecule has 4 rings (SSSR count). The molecular weight excluding hydrogens is 308 g/mol. The van der Waals surface area contributed by atoms with Gasteiger partial charge in [0.05, 0.1) is 12.5 Å². The molecular formula is C18H14N2O4. The zero-order valence-electron chi connectivity index (χ0n) is 12.7. The summed E-state index contributed by atoms with van der Waals surface area (Å²) in [4.78, 5) is 26.1. The minimum atomic E-state index is -0.304. The molecule has 0 unspecified atom stereocenters. The number of benzene rings is 1. The van der Waals surface area contributed by atoms with Gasteiger partial charge in [-0.2, -0.15) is 0 Å². The zero-order chi connectivity index (χ0) is 16.5. The molecule has 0 saturated carbocycles. The largest absolute Gasteiger partial charge is 0.459 e. The summed E-state index contributed by atoms with van der Waals surface area (Å²) in [5.41, 5.74) is 2.52. The number of carbonyl (C=O) groups is 2. The Hall–Kier alpha value is -3.28. The Morgan fingerprint density at radius 1 is 1.00 bits per heavy atom. The lowest BCUT2D eigenvalue weighted by molar-refractivity contribution is 0.0961. The van der Waals surface area contributed by atoms with Crippen molar-refractivity contribution < 1.29 is 18.4 Å². The molecule has 2 aromatic heterocycles. The van der Waals surface area contributed by atoms with Crippen LogP contribution in [-0.2, 0) is 6.42 Å². The standard InChI is InChI=1S/C18H14N2O4/c21-17(15-3-1-9-23-15)19-13-5-6-14-12(11-13)7-8-20(14)18(22)16-4-2-10-24-16/h1-6,9-11H,7-8H2,(H,19,21). The first-order valence-electron chi connectivity index (χ1n) is 7.55. The minimum Gasteiger partial charge on any atom is -0.459 e. The summed E-state index contributed by atoms with van der Waals surface area (Å²) in [6.45, 7) is 0.588. The zero-order valence-corrected chi connectivity index (χ0v) is 12.7. The van der Waals surface area contributed by atoms with Gasteiger partial charge < -0.3 is 19.1 Å². The van der Waals surface area contributed by atoms with Crippen LogP contribution >= 0.6 is 0 Å². The molecule has 24 heavy (non-hydrogen) atoms. The van der Waals surface area contributed by atoms with Gasteiger partial charge in [-0.1, -0.05) is 0 Å². The number of nitrogens with one attached hydrogen (secondary N) is 1. The van der Waals surface area contributed by atoms with Crippen molar-refractivity contribution in [2.45, 2.75) is 6.42 Å². The molecule has 0 saturated heterocycles. The highest BCUT2D eigenvalue weighted by atomic mass is 16.3. The Kier molecular flexibility index (Phi) is 3.42. The van der Waals surface area contributed by atoms with E-state index in [2.05, 4.69) is 5.32 Å². The van der Waals surface area contributed by atoms with Crippen molar-refractivity contribution in [2.75, 3.05) is 16.8 Å². The molecule has 0 spiro atoms. The second-order valence-corrected chi connectivity index (χ2v) is 5.46. The topological polar surface area (TPSA) is 75.7 Å². The van der Waals surface area contributed by atoms with Crippen LogP contribution in [0, 0.1) is 0 Å². The number of carbonyl (C=O) groups excluding carboxylic acids is 2. The van der Waals surface area contributed by atoms with Crippen molar-refractivity contribution in [1.29, 1.82) is 0 Å². The van der Waals surface area contributed by atoms with Crippen molar-refractivity contribution in [3.8, 4) is 0 Å². The lowest BCUT2D eigenvalue weighted by atomic mass is 10.1. The van der Waals surface area contributed by atoms with Gasteiger partial charge >= 0.3 is 0 Å². The summed E-state index contributed by atoms with van der Waals surface area (Å²) < 4.78 is 10.3. The number of furan rings is 2. The van der Waals surface area contributed by atoms with Gasteiger partial charge in [-0.3, -0.25) is 9.59 Å². The second kappa shape index (κ2) is 5.73. The smallest absolute Gasteiger partial charge is 0.293 e. The molecule has 1 aliphatic rings. The predicted molar refractivity (Wildman–Crippen MR) is 87.2 cm³/mol. The van der Waals surface area contributed by atoms with Crippen LogP contribution in [0.1, 0.15) is 26.7 Å². The molecule has 6 nitrogen and oxygen atoms in total. The van der Waals surface area contributed by atoms with Crippen LogP contribution in [0.15, 0.2) is 63.8 Å². The molecule has 1 aliphatic heterocycles. The van der Waals surface area contributed by atoms with Gasteiger partial charge in [0.2, 0.25) is 0 Å². The van der Waals surface area contributed by atoms with Crippen LogP contribution in [-0.4, -0.2) is 18.4 Å². The Morgan fingerprint density at radius 3 is 2.46 bits per heavy atom. The van der Waals surface area contributed by atoms with Gasteiger partial charge in [0.25, 0.3) is 11.8 Å². The molecule has 2 amide bonds. The molecule has 0 atom stereocenters. The van der Waals surface area contributed by atoms with Gasteiger partial charge in [-0.25, -0.2) is 0 Å². The van der Waals surface area contributed by atoms with Crippen LogP contribution < -0.4 is 10.2 Å². The monoisotopic (exact) mass is 322 g/mol. The molecule has 0 aliphatic carbocycles. The van der Waals surface area contributed by atoms with Crippen molar-refractivity contribution in [3.05, 3.63) is 72.1 Å². The highest BCUT2D eigenvalue weighted by Crippen LogP contribution is 2.31. The molecule has 120 valence electrons. The fourth-order valence-electron chi connectivity index (χ4n) is 2.82. The number of nitrogens with zero attached hydrogens (tertiary/aromatic N) is 1. The van der Waals surface area contributed by atoms with E-state index in [1.807, 2.05) is 12.1 Å². The number of anilines is 2. The predicted octanol–water partition coefficient (Wildman–Crippen LogP) is 3.33. The third kappa shape index (κ3) is 2.48. The van der Waals surface area contributed by atoms with Crippen molar-refractivity contribution in [1.82, 2.24) is 0 Å². The SMILES string of the molecule is O=C(Nc1ccc2c(c1)CCN2C(=O)c1ccco1)c1ccco1. The Bertz CT molecular complexity index is 882. The maximum absolute atomic E-state index is 12.4. The fraction of sp³-hybridized carbons (Fsp3) is 0.111. The molecule has 0 bridgehead atoms. The van der Waals surface area contributed by atoms with Gasteiger partial charge in [0.15, 0.2) is 11.5 Å². The molecule has 3 heterocycles. The molecule has 0 fully saturated rings. The van der Waals surface area contributed by atoms with Crippen LogP contribution in [0.5, 0.6) is 0 Å². The van der Waals surface area contributed by atoms with Crippen molar-refractivity contribution >= 4 is 23.2 Å².